The fraction of sp³-hybridized carbons (Fsp3) is 0.250. The van der Waals surface area contributed by atoms with E-state index in [1.807, 2.05) is 18.2 Å². The van der Waals surface area contributed by atoms with Crippen LogP contribution in [0.25, 0.3) is 0 Å². The molecule has 0 atom stereocenters. The molecule has 98 valence electrons. The Bertz CT molecular complexity index is 568. The van der Waals surface area contributed by atoms with Gasteiger partial charge in [0, 0.05) is 18.8 Å². The Balaban J connectivity index is 2.03. The standard InChI is InChI=1S/C16H18N2O/c17-12-13-5-3-6-14(11-13)18-9-4-10-19-16-8-2-1-7-15(16)18/h1-3,5-8,11H,4,9-10,12,17H2. The second kappa shape index (κ2) is 5.33. The molecule has 1 heterocycles. The molecule has 0 amide bonds. The summed E-state index contributed by atoms with van der Waals surface area (Å²) >= 11 is 0. The third-order valence-corrected chi connectivity index (χ3v) is 3.40. The van der Waals surface area contributed by atoms with E-state index in [2.05, 4.69) is 35.2 Å². The molecule has 2 N–H and O–H groups in total. The molecule has 1 aliphatic heterocycles. The van der Waals surface area contributed by atoms with Crippen molar-refractivity contribution in [2.75, 3.05) is 18.1 Å². The Kier molecular flexibility index (Phi) is 3.38. The number of nitrogens with zero attached hydrogens (tertiary/aromatic N) is 1. The van der Waals surface area contributed by atoms with Crippen molar-refractivity contribution in [2.45, 2.75) is 13.0 Å². The molecule has 3 heteroatoms. The maximum Gasteiger partial charge on any atom is 0.142 e. The average molecular weight is 254 g/mol. The predicted molar refractivity (Wildman–Crippen MR) is 77.9 cm³/mol. The van der Waals surface area contributed by atoms with E-state index in [1.165, 1.54) is 5.69 Å². The van der Waals surface area contributed by atoms with E-state index in [4.69, 9.17) is 10.5 Å². The molecule has 0 aromatic heterocycles. The van der Waals surface area contributed by atoms with E-state index in [-0.39, 0.29) is 0 Å². The van der Waals surface area contributed by atoms with Gasteiger partial charge in [-0.25, -0.2) is 0 Å². The topological polar surface area (TPSA) is 38.5 Å². The first-order chi connectivity index (χ1) is 9.38. The highest BCUT2D eigenvalue weighted by atomic mass is 16.5. The highest BCUT2D eigenvalue weighted by Crippen LogP contribution is 2.35. The largest absolute Gasteiger partial charge is 0.491 e. The monoisotopic (exact) mass is 254 g/mol. The van der Waals surface area contributed by atoms with Gasteiger partial charge in [-0.2, -0.15) is 0 Å². The molecule has 0 fully saturated rings. The minimum absolute atomic E-state index is 0.569. The Morgan fingerprint density at radius 3 is 2.89 bits per heavy atom. The molecule has 1 aliphatic rings. The summed E-state index contributed by atoms with van der Waals surface area (Å²) in [4.78, 5) is 2.31. The van der Waals surface area contributed by atoms with E-state index in [0.717, 1.165) is 36.6 Å². The van der Waals surface area contributed by atoms with Crippen LogP contribution < -0.4 is 15.4 Å². The molecular weight excluding hydrogens is 236 g/mol. The van der Waals surface area contributed by atoms with Crippen molar-refractivity contribution in [3.63, 3.8) is 0 Å². The van der Waals surface area contributed by atoms with Crippen molar-refractivity contribution < 1.29 is 4.74 Å². The van der Waals surface area contributed by atoms with E-state index in [1.54, 1.807) is 0 Å². The summed E-state index contributed by atoms with van der Waals surface area (Å²) in [6, 6.07) is 16.6. The van der Waals surface area contributed by atoms with Gasteiger partial charge >= 0.3 is 0 Å². The first-order valence-corrected chi connectivity index (χ1v) is 6.67. The summed E-state index contributed by atoms with van der Waals surface area (Å²) in [6.45, 7) is 2.30. The van der Waals surface area contributed by atoms with Gasteiger partial charge in [0.25, 0.3) is 0 Å². The fourth-order valence-corrected chi connectivity index (χ4v) is 2.45. The van der Waals surface area contributed by atoms with Gasteiger partial charge in [0.1, 0.15) is 5.75 Å². The molecule has 0 radical (unpaired) electrons. The molecule has 2 aromatic rings. The summed E-state index contributed by atoms with van der Waals surface area (Å²) in [5.41, 5.74) is 9.20. The zero-order valence-corrected chi connectivity index (χ0v) is 10.9. The van der Waals surface area contributed by atoms with E-state index in [9.17, 15) is 0 Å². The van der Waals surface area contributed by atoms with Crippen LogP contribution in [0.2, 0.25) is 0 Å². The van der Waals surface area contributed by atoms with Crippen molar-refractivity contribution in [2.24, 2.45) is 5.73 Å². The SMILES string of the molecule is NCc1cccc(N2CCCOc3ccccc32)c1. The number of rotatable bonds is 2. The van der Waals surface area contributed by atoms with Crippen molar-refractivity contribution in [3.8, 4) is 5.75 Å². The Morgan fingerprint density at radius 2 is 2.00 bits per heavy atom. The molecule has 3 nitrogen and oxygen atoms in total. The number of nitrogens with two attached hydrogens (primary N) is 1. The van der Waals surface area contributed by atoms with E-state index < -0.39 is 0 Å². The molecule has 0 saturated heterocycles. The first kappa shape index (κ1) is 12.1. The van der Waals surface area contributed by atoms with Gasteiger partial charge in [0.2, 0.25) is 0 Å². The van der Waals surface area contributed by atoms with Crippen LogP contribution in [0, 0.1) is 0 Å². The van der Waals surface area contributed by atoms with Crippen molar-refractivity contribution in [1.29, 1.82) is 0 Å². The van der Waals surface area contributed by atoms with E-state index >= 15 is 0 Å². The molecule has 0 aliphatic carbocycles. The summed E-state index contributed by atoms with van der Waals surface area (Å²) < 4.78 is 5.79. The third-order valence-electron chi connectivity index (χ3n) is 3.40. The molecule has 0 bridgehead atoms. The highest BCUT2D eigenvalue weighted by molar-refractivity contribution is 5.70. The summed E-state index contributed by atoms with van der Waals surface area (Å²) in [6.07, 6.45) is 1.02. The number of hydrogen-bond acceptors (Lipinski definition) is 3. The maximum absolute atomic E-state index is 5.79. The zero-order valence-electron chi connectivity index (χ0n) is 10.9. The second-order valence-electron chi connectivity index (χ2n) is 4.70. The smallest absolute Gasteiger partial charge is 0.142 e. The van der Waals surface area contributed by atoms with Crippen molar-refractivity contribution in [1.82, 2.24) is 0 Å². The third kappa shape index (κ3) is 2.42. The fourth-order valence-electron chi connectivity index (χ4n) is 2.45. The quantitative estimate of drug-likeness (QED) is 0.895. The van der Waals surface area contributed by atoms with E-state index in [0.29, 0.717) is 6.54 Å². The zero-order chi connectivity index (χ0) is 13.1. The van der Waals surface area contributed by atoms with Crippen molar-refractivity contribution >= 4 is 11.4 Å². The molecule has 2 aromatic carbocycles. The van der Waals surface area contributed by atoms with Gasteiger partial charge < -0.3 is 15.4 Å². The summed E-state index contributed by atoms with van der Waals surface area (Å²) in [5.74, 6) is 0.957. The minimum atomic E-state index is 0.569. The summed E-state index contributed by atoms with van der Waals surface area (Å²) in [7, 11) is 0. The van der Waals surface area contributed by atoms with Crippen LogP contribution in [-0.2, 0) is 6.54 Å². The molecule has 19 heavy (non-hydrogen) atoms. The molecule has 0 saturated carbocycles. The lowest BCUT2D eigenvalue weighted by Crippen LogP contribution is -2.17. The Labute approximate surface area is 113 Å². The number of ether oxygens (including phenoxy) is 1. The van der Waals surface area contributed by atoms with Crippen LogP contribution >= 0.6 is 0 Å². The van der Waals surface area contributed by atoms with Gasteiger partial charge in [-0.05, 0) is 36.2 Å². The lowest BCUT2D eigenvalue weighted by Gasteiger charge is -2.24. The molecular formula is C16H18N2O. The number of para-hydroxylation sites is 2. The normalized spacial score (nSPS) is 14.5. The van der Waals surface area contributed by atoms with Gasteiger partial charge in [-0.3, -0.25) is 0 Å². The minimum Gasteiger partial charge on any atom is -0.491 e. The molecule has 3 rings (SSSR count). The first-order valence-electron chi connectivity index (χ1n) is 6.67. The second-order valence-corrected chi connectivity index (χ2v) is 4.70. The lowest BCUT2D eigenvalue weighted by atomic mass is 10.1. The maximum atomic E-state index is 5.79. The van der Waals surface area contributed by atoms with Crippen LogP contribution in [0.1, 0.15) is 12.0 Å². The van der Waals surface area contributed by atoms with Crippen LogP contribution in [-0.4, -0.2) is 13.2 Å². The lowest BCUT2D eigenvalue weighted by molar-refractivity contribution is 0.322. The van der Waals surface area contributed by atoms with Gasteiger partial charge in [0.15, 0.2) is 0 Å². The Morgan fingerprint density at radius 1 is 1.11 bits per heavy atom. The van der Waals surface area contributed by atoms with Gasteiger partial charge in [-0.15, -0.1) is 0 Å². The van der Waals surface area contributed by atoms with Crippen LogP contribution in [0.4, 0.5) is 11.4 Å². The number of hydrogen-bond donors (Lipinski definition) is 1. The van der Waals surface area contributed by atoms with Gasteiger partial charge in [0.05, 0.1) is 12.3 Å². The van der Waals surface area contributed by atoms with Crippen LogP contribution in [0.3, 0.4) is 0 Å². The summed E-state index contributed by atoms with van der Waals surface area (Å²) in [5, 5.41) is 0. The predicted octanol–water partition coefficient (Wildman–Crippen LogP) is 3.07. The highest BCUT2D eigenvalue weighted by Gasteiger charge is 2.17. The van der Waals surface area contributed by atoms with Gasteiger partial charge in [-0.1, -0.05) is 24.3 Å². The van der Waals surface area contributed by atoms with Crippen LogP contribution in [0.5, 0.6) is 5.75 Å². The van der Waals surface area contributed by atoms with Crippen molar-refractivity contribution in [3.05, 3.63) is 54.1 Å². The number of fused-ring (bicyclic) bond motifs is 1. The number of anilines is 2. The van der Waals surface area contributed by atoms with Crippen LogP contribution in [0.15, 0.2) is 48.5 Å². The average Bonchev–Trinajstić information content (AvgIpc) is 2.69. The molecule has 0 unspecified atom stereocenters. The Hall–Kier alpha value is -2.00. The molecule has 0 spiro atoms. The number of benzene rings is 2.